The molecule has 3 N–H and O–H groups in total. The van der Waals surface area contributed by atoms with Gasteiger partial charge in [0.25, 0.3) is 10.1 Å². The Morgan fingerprint density at radius 3 is 2.33 bits per heavy atom. The van der Waals surface area contributed by atoms with Crippen molar-refractivity contribution in [3.8, 4) is 34.0 Å². The van der Waals surface area contributed by atoms with Crippen molar-refractivity contribution >= 4 is 66.3 Å². The number of rotatable bonds is 4. The van der Waals surface area contributed by atoms with Gasteiger partial charge < -0.3 is 19.2 Å². The first-order chi connectivity index (χ1) is 18.8. The van der Waals surface area contributed by atoms with E-state index >= 15 is 0 Å². The number of hydrogen-bond acceptors (Lipinski definition) is 6. The highest BCUT2D eigenvalue weighted by Gasteiger charge is 2.23. The van der Waals surface area contributed by atoms with Gasteiger partial charge >= 0.3 is 0 Å². The molecular weight excluding hydrogens is 552 g/mol. The van der Waals surface area contributed by atoms with Gasteiger partial charge in [-0.3, -0.25) is 4.55 Å². The summed E-state index contributed by atoms with van der Waals surface area (Å²) in [5.74, 6) is 0.781. The van der Waals surface area contributed by atoms with E-state index in [2.05, 4.69) is 4.98 Å². The zero-order chi connectivity index (χ0) is 26.9. The SMILES string of the molecule is COc1c(-c2nc3c(cc(S(=O)(=O)O)c4cccc(O)c43)[nH]2)cccc1-c1cccc2c1oc1ccccc12.Cl. The lowest BCUT2D eigenvalue weighted by atomic mass is 9.98. The average Bonchev–Trinajstić information content (AvgIpc) is 3.53. The number of ether oxygens (including phenoxy) is 1. The van der Waals surface area contributed by atoms with Gasteiger partial charge in [0.15, 0.2) is 0 Å². The maximum Gasteiger partial charge on any atom is 0.295 e. The number of benzene rings is 5. The smallest absolute Gasteiger partial charge is 0.295 e. The fourth-order valence-corrected chi connectivity index (χ4v) is 6.06. The number of phenols is 1. The van der Waals surface area contributed by atoms with E-state index in [4.69, 9.17) is 14.1 Å². The van der Waals surface area contributed by atoms with Gasteiger partial charge in [0.1, 0.15) is 38.9 Å². The Morgan fingerprint density at radius 2 is 1.52 bits per heavy atom. The van der Waals surface area contributed by atoms with Crippen LogP contribution >= 0.6 is 12.4 Å². The number of furan rings is 1. The summed E-state index contributed by atoms with van der Waals surface area (Å²) in [7, 11) is -3.00. The van der Waals surface area contributed by atoms with Crippen LogP contribution in [0.25, 0.3) is 66.3 Å². The van der Waals surface area contributed by atoms with Gasteiger partial charge in [0.2, 0.25) is 0 Å². The Balaban J connectivity index is 0.00000289. The number of nitrogens with one attached hydrogen (secondary N) is 1. The van der Waals surface area contributed by atoms with Crippen LogP contribution in [0.5, 0.6) is 11.5 Å². The maximum absolute atomic E-state index is 12.2. The summed E-state index contributed by atoms with van der Waals surface area (Å²) in [6.07, 6.45) is 0. The fourth-order valence-electron chi connectivity index (χ4n) is 5.34. The van der Waals surface area contributed by atoms with E-state index in [1.165, 1.54) is 24.3 Å². The van der Waals surface area contributed by atoms with E-state index < -0.39 is 10.1 Å². The molecule has 0 amide bonds. The van der Waals surface area contributed by atoms with Crippen LogP contribution in [-0.4, -0.2) is 35.2 Å². The molecule has 0 fully saturated rings. The van der Waals surface area contributed by atoms with E-state index in [9.17, 15) is 18.1 Å². The standard InChI is InChI=1S/C30H20N2O6S.ClH/c1-37-28-18(19-10-4-8-17-16-7-2-3-14-24(16)38-29(17)19)9-5-12-21(28)30-31-22-15-25(39(34,35)36)20-11-6-13-23(33)26(20)27(22)32-30;/h2-15,33H,1H3,(H,31,32)(H,34,35,36);1H. The van der Waals surface area contributed by atoms with Crippen molar-refractivity contribution in [2.45, 2.75) is 4.90 Å². The molecule has 8 nitrogen and oxygen atoms in total. The minimum atomic E-state index is -4.57. The van der Waals surface area contributed by atoms with Crippen LogP contribution in [-0.2, 0) is 10.1 Å². The van der Waals surface area contributed by atoms with Gasteiger partial charge in [0, 0.05) is 27.3 Å². The summed E-state index contributed by atoms with van der Waals surface area (Å²) >= 11 is 0. The highest BCUT2D eigenvalue weighted by Crippen LogP contribution is 2.44. The first-order valence-corrected chi connectivity index (χ1v) is 13.5. The molecule has 2 aromatic heterocycles. The van der Waals surface area contributed by atoms with E-state index in [1.807, 2.05) is 60.7 Å². The minimum Gasteiger partial charge on any atom is -0.507 e. The zero-order valence-corrected chi connectivity index (χ0v) is 22.5. The highest BCUT2D eigenvalue weighted by atomic mass is 35.5. The highest BCUT2D eigenvalue weighted by molar-refractivity contribution is 7.86. The third kappa shape index (κ3) is 3.78. The molecule has 10 heteroatoms. The first-order valence-electron chi connectivity index (χ1n) is 12.0. The number of fused-ring (bicyclic) bond motifs is 6. The number of nitrogens with zero attached hydrogens (tertiary/aromatic N) is 1. The summed E-state index contributed by atoms with van der Waals surface area (Å²) in [5, 5.41) is 13.0. The van der Waals surface area contributed by atoms with Gasteiger partial charge in [0.05, 0.1) is 23.6 Å². The third-order valence-corrected chi connectivity index (χ3v) is 7.89. The summed E-state index contributed by atoms with van der Waals surface area (Å²) in [6, 6.07) is 25.2. The monoisotopic (exact) mass is 572 g/mol. The Hall–Kier alpha value is -4.57. The van der Waals surface area contributed by atoms with Crippen molar-refractivity contribution in [3.63, 3.8) is 0 Å². The topological polar surface area (TPSA) is 126 Å². The summed E-state index contributed by atoms with van der Waals surface area (Å²) in [5.41, 5.74) is 4.45. The molecule has 0 saturated carbocycles. The number of imidazole rings is 1. The minimum absolute atomic E-state index is 0. The number of aromatic nitrogens is 2. The van der Waals surface area contributed by atoms with Gasteiger partial charge in [-0.15, -0.1) is 12.4 Å². The van der Waals surface area contributed by atoms with Gasteiger partial charge in [-0.05, 0) is 24.3 Å². The van der Waals surface area contributed by atoms with Crippen LogP contribution in [0.2, 0.25) is 0 Å². The van der Waals surface area contributed by atoms with Gasteiger partial charge in [-0.2, -0.15) is 8.42 Å². The molecule has 0 saturated heterocycles. The van der Waals surface area contributed by atoms with Crippen molar-refractivity contribution in [1.82, 2.24) is 9.97 Å². The molecule has 0 spiro atoms. The largest absolute Gasteiger partial charge is 0.507 e. The summed E-state index contributed by atoms with van der Waals surface area (Å²) in [4.78, 5) is 7.57. The number of halogens is 1. The maximum atomic E-state index is 12.2. The molecule has 0 aliphatic carbocycles. The number of phenolic OH excluding ortho intramolecular Hbond substituents is 1. The van der Waals surface area contributed by atoms with Crippen LogP contribution in [0.1, 0.15) is 0 Å². The Bertz CT molecular complexity index is 2220. The number of methoxy groups -OCH3 is 1. The average molecular weight is 573 g/mol. The second-order valence-corrected chi connectivity index (χ2v) is 10.6. The molecule has 5 aromatic carbocycles. The molecule has 0 aliphatic heterocycles. The lowest BCUT2D eigenvalue weighted by molar-refractivity contribution is 0.418. The molecule has 2 heterocycles. The molecule has 40 heavy (non-hydrogen) atoms. The summed E-state index contributed by atoms with van der Waals surface area (Å²) in [6.45, 7) is 0. The molecule has 7 rings (SSSR count). The predicted molar refractivity (Wildman–Crippen MR) is 157 cm³/mol. The van der Waals surface area contributed by atoms with E-state index in [1.54, 1.807) is 7.11 Å². The molecular formula is C30H21ClN2O6S. The van der Waals surface area contributed by atoms with Crippen LogP contribution in [0.3, 0.4) is 0 Å². The predicted octanol–water partition coefficient (Wildman–Crippen LogP) is 7.33. The third-order valence-electron chi connectivity index (χ3n) is 7.00. The van der Waals surface area contributed by atoms with Gasteiger partial charge in [-0.25, -0.2) is 4.98 Å². The molecule has 200 valence electrons. The van der Waals surface area contributed by atoms with Crippen molar-refractivity contribution < 1.29 is 27.2 Å². The Morgan fingerprint density at radius 1 is 0.850 bits per heavy atom. The summed E-state index contributed by atoms with van der Waals surface area (Å²) < 4.78 is 46.4. The van der Waals surface area contributed by atoms with Crippen LogP contribution in [0, 0.1) is 0 Å². The molecule has 0 bridgehead atoms. The molecule has 7 aromatic rings. The lowest BCUT2D eigenvalue weighted by Gasteiger charge is -2.13. The van der Waals surface area contributed by atoms with E-state index in [0.29, 0.717) is 28.2 Å². The fraction of sp³-hybridized carbons (Fsp3) is 0.0333. The van der Waals surface area contributed by atoms with Crippen molar-refractivity contribution in [1.29, 1.82) is 0 Å². The molecule has 0 aliphatic rings. The number of H-pyrrole nitrogens is 1. The number of aromatic hydroxyl groups is 1. The van der Waals surface area contributed by atoms with E-state index in [0.717, 1.165) is 33.1 Å². The molecule has 0 atom stereocenters. The normalized spacial score (nSPS) is 11.8. The molecule has 0 radical (unpaired) electrons. The van der Waals surface area contributed by atoms with Crippen LogP contribution in [0.15, 0.2) is 94.2 Å². The van der Waals surface area contributed by atoms with Crippen molar-refractivity contribution in [2.75, 3.05) is 7.11 Å². The number of aromatic amines is 1. The number of hydrogen-bond donors (Lipinski definition) is 3. The number of para-hydroxylation sites is 3. The van der Waals surface area contributed by atoms with Crippen molar-refractivity contribution in [2.24, 2.45) is 0 Å². The van der Waals surface area contributed by atoms with Crippen LogP contribution in [0.4, 0.5) is 0 Å². The second kappa shape index (κ2) is 9.27. The van der Waals surface area contributed by atoms with Crippen molar-refractivity contribution in [3.05, 3.63) is 84.9 Å². The molecule has 0 unspecified atom stereocenters. The Labute approximate surface area is 234 Å². The van der Waals surface area contributed by atoms with E-state index in [-0.39, 0.29) is 33.8 Å². The quantitative estimate of drug-likeness (QED) is 0.188. The van der Waals surface area contributed by atoms with Crippen LogP contribution < -0.4 is 4.74 Å². The second-order valence-electron chi connectivity index (χ2n) is 9.20. The zero-order valence-electron chi connectivity index (χ0n) is 20.9. The first kappa shape index (κ1) is 25.7. The van der Waals surface area contributed by atoms with Gasteiger partial charge in [-0.1, -0.05) is 60.7 Å². The Kier molecular flexibility index (Phi) is 5.95. The lowest BCUT2D eigenvalue weighted by Crippen LogP contribution is -1.99.